The van der Waals surface area contributed by atoms with Gasteiger partial charge in [0.1, 0.15) is 23.9 Å². The summed E-state index contributed by atoms with van der Waals surface area (Å²) in [4.78, 5) is 31.0. The van der Waals surface area contributed by atoms with Crippen molar-refractivity contribution in [2.75, 3.05) is 0 Å². The lowest BCUT2D eigenvalue weighted by molar-refractivity contribution is -0.153. The zero-order valence-corrected chi connectivity index (χ0v) is 12.6. The average molecular weight is 291 g/mol. The van der Waals surface area contributed by atoms with Crippen LogP contribution in [0.3, 0.4) is 0 Å². The van der Waals surface area contributed by atoms with Crippen LogP contribution in [0.4, 0.5) is 0 Å². The van der Waals surface area contributed by atoms with E-state index in [1.54, 1.807) is 11.1 Å². The third-order valence-corrected chi connectivity index (χ3v) is 4.35. The Morgan fingerprint density at radius 2 is 2.19 bits per heavy atom. The maximum absolute atomic E-state index is 12.8. The molecule has 1 aromatic rings. The first kappa shape index (κ1) is 14.1. The Bertz CT molecular complexity index is 564. The number of hydrogen-bond donors (Lipinski definition) is 1. The molecule has 2 amide bonds. The van der Waals surface area contributed by atoms with Crippen molar-refractivity contribution in [1.29, 1.82) is 0 Å². The highest BCUT2D eigenvalue weighted by atomic mass is 16.4. The van der Waals surface area contributed by atoms with Crippen molar-refractivity contribution < 1.29 is 14.0 Å². The van der Waals surface area contributed by atoms with Crippen LogP contribution in [-0.2, 0) is 9.59 Å². The molecule has 1 aromatic heterocycles. The Morgan fingerprint density at radius 1 is 1.48 bits per heavy atom. The Kier molecular flexibility index (Phi) is 3.47. The third-order valence-electron chi connectivity index (χ3n) is 4.35. The van der Waals surface area contributed by atoms with Gasteiger partial charge in [-0.15, -0.1) is 0 Å². The lowest BCUT2D eigenvalue weighted by Crippen LogP contribution is -2.64. The van der Waals surface area contributed by atoms with Gasteiger partial charge in [0.15, 0.2) is 0 Å². The summed E-state index contributed by atoms with van der Waals surface area (Å²) in [6.45, 7) is 5.60. The summed E-state index contributed by atoms with van der Waals surface area (Å²) in [6.07, 6.45) is 4.24. The van der Waals surface area contributed by atoms with E-state index in [2.05, 4.69) is 10.3 Å². The van der Waals surface area contributed by atoms with Crippen LogP contribution >= 0.6 is 0 Å². The normalized spacial score (nSPS) is 27.7. The van der Waals surface area contributed by atoms with Crippen LogP contribution in [0, 0.1) is 12.8 Å². The topological polar surface area (TPSA) is 75.4 Å². The lowest BCUT2D eigenvalue weighted by Gasteiger charge is -2.41. The second-order valence-electron chi connectivity index (χ2n) is 5.98. The zero-order valence-electron chi connectivity index (χ0n) is 12.6. The van der Waals surface area contributed by atoms with Gasteiger partial charge >= 0.3 is 0 Å². The predicted octanol–water partition coefficient (Wildman–Crippen LogP) is 1.56. The van der Waals surface area contributed by atoms with E-state index in [-0.39, 0.29) is 23.9 Å². The first-order valence-electron chi connectivity index (χ1n) is 7.57. The molecule has 2 heterocycles. The average Bonchev–Trinajstić information content (AvgIpc) is 3.21. The predicted molar refractivity (Wildman–Crippen MR) is 75.2 cm³/mol. The van der Waals surface area contributed by atoms with Crippen molar-refractivity contribution in [3.8, 4) is 0 Å². The van der Waals surface area contributed by atoms with Gasteiger partial charge in [-0.1, -0.05) is 6.92 Å². The lowest BCUT2D eigenvalue weighted by atomic mass is 10.00. The van der Waals surface area contributed by atoms with E-state index in [1.807, 2.05) is 20.8 Å². The molecule has 114 valence electrons. The number of carbonyl (C=O) groups is 2. The summed E-state index contributed by atoms with van der Waals surface area (Å²) in [5.74, 6) is 1.41. The van der Waals surface area contributed by atoms with Crippen LogP contribution in [0.2, 0.25) is 0 Å². The molecule has 1 aliphatic heterocycles. The molecule has 3 atom stereocenters. The van der Waals surface area contributed by atoms with E-state index >= 15 is 0 Å². The number of nitrogens with one attached hydrogen (secondary N) is 1. The summed E-state index contributed by atoms with van der Waals surface area (Å²) in [7, 11) is 0. The molecule has 0 spiro atoms. The van der Waals surface area contributed by atoms with Gasteiger partial charge in [-0.3, -0.25) is 9.59 Å². The van der Waals surface area contributed by atoms with Crippen LogP contribution in [0.5, 0.6) is 0 Å². The van der Waals surface area contributed by atoms with Crippen LogP contribution in [0.15, 0.2) is 10.6 Å². The first-order chi connectivity index (χ1) is 10.0. The molecule has 0 aromatic carbocycles. The molecule has 1 aliphatic carbocycles. The fourth-order valence-corrected chi connectivity index (χ4v) is 3.03. The van der Waals surface area contributed by atoms with E-state index < -0.39 is 6.04 Å². The minimum atomic E-state index is -0.449. The Balaban J connectivity index is 1.90. The highest BCUT2D eigenvalue weighted by Crippen LogP contribution is 2.37. The van der Waals surface area contributed by atoms with Gasteiger partial charge in [0, 0.05) is 0 Å². The SMILES string of the molecule is CCC1C(=O)NC(C2CC2)C(=O)N1C(C)c1ncc(C)o1. The standard InChI is InChI=1S/C15H21N3O3/c1-4-11-13(19)17-12(10-5-6-10)15(20)18(11)9(3)14-16-7-8(2)21-14/h7,9-12H,4-6H2,1-3H3,(H,17,19). The number of carbonyl (C=O) groups excluding carboxylic acids is 2. The van der Waals surface area contributed by atoms with Gasteiger partial charge < -0.3 is 14.6 Å². The quantitative estimate of drug-likeness (QED) is 0.913. The van der Waals surface area contributed by atoms with E-state index in [1.165, 1.54) is 0 Å². The number of piperazine rings is 1. The molecular weight excluding hydrogens is 270 g/mol. The molecule has 3 unspecified atom stereocenters. The molecule has 21 heavy (non-hydrogen) atoms. The summed E-state index contributed by atoms with van der Waals surface area (Å²) in [5, 5.41) is 2.89. The van der Waals surface area contributed by atoms with E-state index in [0.717, 1.165) is 12.8 Å². The first-order valence-corrected chi connectivity index (χ1v) is 7.57. The molecule has 6 heteroatoms. The number of nitrogens with zero attached hydrogens (tertiary/aromatic N) is 2. The number of oxazole rings is 1. The van der Waals surface area contributed by atoms with Crippen LogP contribution < -0.4 is 5.32 Å². The van der Waals surface area contributed by atoms with Gasteiger partial charge in [0.25, 0.3) is 0 Å². The minimum absolute atomic E-state index is 0.00713. The fourth-order valence-electron chi connectivity index (χ4n) is 3.03. The zero-order chi connectivity index (χ0) is 15.1. The molecule has 1 N–H and O–H groups in total. The van der Waals surface area contributed by atoms with E-state index in [4.69, 9.17) is 4.42 Å². The smallest absolute Gasteiger partial charge is 0.246 e. The number of aromatic nitrogens is 1. The van der Waals surface area contributed by atoms with Crippen molar-refractivity contribution in [2.45, 2.75) is 58.2 Å². The summed E-state index contributed by atoms with van der Waals surface area (Å²) >= 11 is 0. The molecular formula is C15H21N3O3. The van der Waals surface area contributed by atoms with Crippen LogP contribution in [-0.4, -0.2) is 33.8 Å². The number of aryl methyl sites for hydroxylation is 1. The molecule has 0 radical (unpaired) electrons. The largest absolute Gasteiger partial charge is 0.444 e. The van der Waals surface area contributed by atoms with Crippen molar-refractivity contribution in [1.82, 2.24) is 15.2 Å². The van der Waals surface area contributed by atoms with Crippen molar-refractivity contribution in [3.63, 3.8) is 0 Å². The van der Waals surface area contributed by atoms with Crippen molar-refractivity contribution >= 4 is 11.8 Å². The minimum Gasteiger partial charge on any atom is -0.444 e. The fraction of sp³-hybridized carbons (Fsp3) is 0.667. The third kappa shape index (κ3) is 2.43. The summed E-state index contributed by atoms with van der Waals surface area (Å²) in [6, 6.07) is -1.16. The summed E-state index contributed by atoms with van der Waals surface area (Å²) in [5.41, 5.74) is 0. The number of rotatable bonds is 4. The highest BCUT2D eigenvalue weighted by molar-refractivity contribution is 5.97. The van der Waals surface area contributed by atoms with Gasteiger partial charge in [-0.2, -0.15) is 0 Å². The van der Waals surface area contributed by atoms with E-state index in [0.29, 0.717) is 24.0 Å². The second-order valence-corrected chi connectivity index (χ2v) is 5.98. The second kappa shape index (κ2) is 5.16. The molecule has 1 saturated heterocycles. The van der Waals surface area contributed by atoms with Crippen molar-refractivity contribution in [2.24, 2.45) is 5.92 Å². The monoisotopic (exact) mass is 291 g/mol. The summed E-state index contributed by atoms with van der Waals surface area (Å²) < 4.78 is 5.55. The Labute approximate surface area is 123 Å². The Hall–Kier alpha value is -1.85. The van der Waals surface area contributed by atoms with Gasteiger partial charge in [-0.05, 0) is 39.0 Å². The maximum atomic E-state index is 12.8. The van der Waals surface area contributed by atoms with Crippen LogP contribution in [0.25, 0.3) is 0 Å². The van der Waals surface area contributed by atoms with Gasteiger partial charge in [-0.25, -0.2) is 4.98 Å². The maximum Gasteiger partial charge on any atom is 0.246 e. The number of amides is 2. The molecule has 2 fully saturated rings. The van der Waals surface area contributed by atoms with Crippen molar-refractivity contribution in [3.05, 3.63) is 17.8 Å². The van der Waals surface area contributed by atoms with Crippen LogP contribution in [0.1, 0.15) is 50.8 Å². The number of hydrogen-bond acceptors (Lipinski definition) is 4. The van der Waals surface area contributed by atoms with Gasteiger partial charge in [0.05, 0.1) is 6.20 Å². The van der Waals surface area contributed by atoms with E-state index in [9.17, 15) is 9.59 Å². The Morgan fingerprint density at radius 3 is 2.71 bits per heavy atom. The highest BCUT2D eigenvalue weighted by Gasteiger charge is 2.48. The molecule has 0 bridgehead atoms. The molecule has 1 saturated carbocycles. The molecule has 3 rings (SSSR count). The molecule has 6 nitrogen and oxygen atoms in total. The molecule has 2 aliphatic rings. The van der Waals surface area contributed by atoms with Gasteiger partial charge in [0.2, 0.25) is 17.7 Å².